The Balaban J connectivity index is 1.33. The fourth-order valence-corrected chi connectivity index (χ4v) is 6.92. The molecule has 1 fully saturated rings. The van der Waals surface area contributed by atoms with Gasteiger partial charge in [-0.25, -0.2) is 0 Å². The third kappa shape index (κ3) is 2.55. The highest BCUT2D eigenvalue weighted by atomic mass is 16.2. The number of carbonyl (C=O) groups excluding carboxylic acids is 2. The summed E-state index contributed by atoms with van der Waals surface area (Å²) in [5.74, 6) is -1.42. The van der Waals surface area contributed by atoms with Crippen molar-refractivity contribution in [2.24, 2.45) is 16.9 Å². The van der Waals surface area contributed by atoms with Gasteiger partial charge in [0.25, 0.3) is 11.8 Å². The van der Waals surface area contributed by atoms with E-state index in [2.05, 4.69) is 59.9 Å². The molecule has 5 heteroatoms. The summed E-state index contributed by atoms with van der Waals surface area (Å²) in [5.41, 5.74) is 7.85. The number of imide groups is 1. The fraction of sp³-hybridized carbons (Fsp3) is 0.233. The van der Waals surface area contributed by atoms with E-state index in [1.807, 2.05) is 36.4 Å². The molecule has 2 heterocycles. The van der Waals surface area contributed by atoms with Crippen LogP contribution in [0.3, 0.4) is 0 Å². The zero-order chi connectivity index (χ0) is 23.8. The third-order valence-corrected chi connectivity index (χ3v) is 8.32. The lowest BCUT2D eigenvalue weighted by molar-refractivity contribution is -0.139. The highest BCUT2D eigenvalue weighted by molar-refractivity contribution is 6.09. The molecule has 3 aromatic carbocycles. The van der Waals surface area contributed by atoms with Gasteiger partial charge in [0, 0.05) is 40.5 Å². The Kier molecular flexibility index (Phi) is 4.23. The Morgan fingerprint density at radius 1 is 0.771 bits per heavy atom. The first-order valence-corrected chi connectivity index (χ1v) is 12.3. The molecule has 4 aliphatic rings. The van der Waals surface area contributed by atoms with E-state index in [-0.39, 0.29) is 23.7 Å². The molecule has 0 radical (unpaired) electrons. The molecule has 0 N–H and O–H groups in total. The highest BCUT2D eigenvalue weighted by Crippen LogP contribution is 2.60. The van der Waals surface area contributed by atoms with E-state index in [0.29, 0.717) is 0 Å². The van der Waals surface area contributed by atoms with Gasteiger partial charge in [0.15, 0.2) is 0 Å². The molecule has 0 spiro atoms. The van der Waals surface area contributed by atoms with E-state index < -0.39 is 11.8 Å². The summed E-state index contributed by atoms with van der Waals surface area (Å²) in [4.78, 5) is 27.6. The largest absolute Gasteiger partial charge is 0.344 e. The van der Waals surface area contributed by atoms with E-state index in [9.17, 15) is 9.59 Å². The molecular weight excluding hydrogens is 434 g/mol. The van der Waals surface area contributed by atoms with E-state index in [4.69, 9.17) is 0 Å². The molecule has 5 nitrogen and oxygen atoms in total. The van der Waals surface area contributed by atoms with Crippen molar-refractivity contribution >= 4 is 28.9 Å². The molecule has 8 rings (SSSR count). The summed E-state index contributed by atoms with van der Waals surface area (Å²) < 4.78 is 2.23. The lowest BCUT2D eigenvalue weighted by atomic mass is 9.55. The fourth-order valence-electron chi connectivity index (χ4n) is 6.92. The van der Waals surface area contributed by atoms with Gasteiger partial charge in [-0.15, -0.1) is 0 Å². The zero-order valence-corrected chi connectivity index (χ0v) is 19.7. The van der Waals surface area contributed by atoms with Gasteiger partial charge >= 0.3 is 0 Å². The van der Waals surface area contributed by atoms with Crippen LogP contribution in [0.4, 0.5) is 0 Å². The first kappa shape index (κ1) is 20.4. The first-order valence-electron chi connectivity index (χ1n) is 12.3. The monoisotopic (exact) mass is 459 g/mol. The summed E-state index contributed by atoms with van der Waals surface area (Å²) in [6.07, 6.45) is 1.71. The molecule has 1 aliphatic heterocycles. The van der Waals surface area contributed by atoms with Crippen molar-refractivity contribution in [3.8, 4) is 0 Å². The quantitative estimate of drug-likeness (QED) is 0.313. The minimum absolute atomic E-state index is 0.113. The van der Waals surface area contributed by atoms with Crippen LogP contribution < -0.4 is 0 Å². The first-order chi connectivity index (χ1) is 17.1. The molecule has 1 aromatic heterocycles. The van der Waals surface area contributed by atoms with E-state index in [0.717, 1.165) is 33.7 Å². The van der Waals surface area contributed by atoms with Crippen molar-refractivity contribution in [1.82, 2.24) is 9.58 Å². The summed E-state index contributed by atoms with van der Waals surface area (Å²) in [5, 5.41) is 6.79. The molecule has 172 valence electrons. The molecule has 4 aromatic rings. The second-order valence-electron chi connectivity index (χ2n) is 9.76. The second kappa shape index (κ2) is 7.25. The standard InChI is InChI=1S/C30H25N3O2/c1-3-32-17(2)23(18-10-8-9-15-24(18)32)16-31-33-29(34)27-25-19-11-4-5-12-20(19)26(28(27)30(33)35)22-14-7-6-13-21(22)25/h4-16,25-28H,3H2,1-2H3/b31-16-/t25?,26?,27-,28-/m1/s1. The maximum Gasteiger partial charge on any atom is 0.254 e. The number of carbonyl (C=O) groups is 2. The van der Waals surface area contributed by atoms with E-state index >= 15 is 0 Å². The Morgan fingerprint density at radius 2 is 1.26 bits per heavy atom. The molecule has 1 saturated heterocycles. The van der Waals surface area contributed by atoms with Crippen LogP contribution in [0, 0.1) is 18.8 Å². The number of fused-ring (bicyclic) bond motifs is 1. The van der Waals surface area contributed by atoms with Gasteiger partial charge in [-0.05, 0) is 42.2 Å². The van der Waals surface area contributed by atoms with Gasteiger partial charge in [-0.1, -0.05) is 66.7 Å². The maximum atomic E-state index is 13.8. The van der Waals surface area contributed by atoms with Crippen LogP contribution in [-0.2, 0) is 16.1 Å². The molecule has 3 aliphatic carbocycles. The number of nitrogens with zero attached hydrogens (tertiary/aromatic N) is 3. The number of rotatable bonds is 3. The smallest absolute Gasteiger partial charge is 0.254 e. The van der Waals surface area contributed by atoms with Crippen molar-refractivity contribution in [2.45, 2.75) is 32.2 Å². The summed E-state index contributed by atoms with van der Waals surface area (Å²) in [6, 6.07) is 24.8. The van der Waals surface area contributed by atoms with Crippen molar-refractivity contribution in [1.29, 1.82) is 0 Å². The maximum absolute atomic E-state index is 13.8. The molecule has 0 unspecified atom stereocenters. The molecular formula is C30H25N3O2. The Bertz CT molecular complexity index is 1460. The predicted molar refractivity (Wildman–Crippen MR) is 135 cm³/mol. The van der Waals surface area contributed by atoms with Gasteiger partial charge in [0.2, 0.25) is 0 Å². The third-order valence-electron chi connectivity index (χ3n) is 8.32. The van der Waals surface area contributed by atoms with Gasteiger partial charge in [0.05, 0.1) is 18.1 Å². The molecule has 35 heavy (non-hydrogen) atoms. The number of benzene rings is 3. The zero-order valence-electron chi connectivity index (χ0n) is 19.7. The van der Waals surface area contributed by atoms with Gasteiger partial charge < -0.3 is 4.57 Å². The summed E-state index contributed by atoms with van der Waals surface area (Å²) in [6.45, 7) is 5.02. The number of hydrogen-bond donors (Lipinski definition) is 0. The predicted octanol–water partition coefficient (Wildman–Crippen LogP) is 5.20. The second-order valence-corrected chi connectivity index (χ2v) is 9.76. The Hall–Kier alpha value is -3.99. The van der Waals surface area contributed by atoms with Crippen LogP contribution in [0.5, 0.6) is 0 Å². The van der Waals surface area contributed by atoms with Crippen LogP contribution in [-0.4, -0.2) is 27.6 Å². The molecule has 0 saturated carbocycles. The van der Waals surface area contributed by atoms with Crippen LogP contribution in [0.25, 0.3) is 10.9 Å². The van der Waals surface area contributed by atoms with Crippen LogP contribution in [0.1, 0.15) is 52.3 Å². The van der Waals surface area contributed by atoms with Gasteiger partial charge in [-0.2, -0.15) is 10.1 Å². The average molecular weight is 460 g/mol. The SMILES string of the molecule is CCn1c(C)c(/C=N\N2C(=O)[C@@H]3C4c5ccccc5C(c5ccccc54)[C@H]3C2=O)c2ccccc21. The molecule has 2 bridgehead atoms. The number of aryl methyl sites for hydroxylation is 1. The number of aromatic nitrogens is 1. The number of para-hydroxylation sites is 1. The average Bonchev–Trinajstić information content (AvgIpc) is 3.32. The van der Waals surface area contributed by atoms with Gasteiger partial charge in [-0.3, -0.25) is 9.59 Å². The lowest BCUT2D eigenvalue weighted by Gasteiger charge is -2.45. The normalized spacial score (nSPS) is 24.3. The summed E-state index contributed by atoms with van der Waals surface area (Å²) >= 11 is 0. The Morgan fingerprint density at radius 3 is 1.77 bits per heavy atom. The Labute approximate surface area is 203 Å². The number of amides is 2. The summed E-state index contributed by atoms with van der Waals surface area (Å²) in [7, 11) is 0. The van der Waals surface area contributed by atoms with Gasteiger partial charge in [0.1, 0.15) is 0 Å². The van der Waals surface area contributed by atoms with Crippen LogP contribution in [0.15, 0.2) is 77.9 Å². The number of hydrazone groups is 1. The van der Waals surface area contributed by atoms with E-state index in [1.54, 1.807) is 6.21 Å². The topological polar surface area (TPSA) is 54.7 Å². The van der Waals surface area contributed by atoms with Crippen LogP contribution >= 0.6 is 0 Å². The van der Waals surface area contributed by atoms with Crippen molar-refractivity contribution < 1.29 is 9.59 Å². The van der Waals surface area contributed by atoms with E-state index in [1.165, 1.54) is 22.3 Å². The lowest BCUT2D eigenvalue weighted by Crippen LogP contribution is -2.41. The minimum Gasteiger partial charge on any atom is -0.344 e. The van der Waals surface area contributed by atoms with Crippen LogP contribution in [0.2, 0.25) is 0 Å². The minimum atomic E-state index is -0.410. The highest BCUT2D eigenvalue weighted by Gasteiger charge is 2.61. The number of hydrogen-bond acceptors (Lipinski definition) is 3. The molecule has 2 amide bonds. The van der Waals surface area contributed by atoms with Crippen molar-refractivity contribution in [3.63, 3.8) is 0 Å². The van der Waals surface area contributed by atoms with Crippen molar-refractivity contribution in [2.75, 3.05) is 0 Å². The molecule has 2 atom stereocenters. The van der Waals surface area contributed by atoms with Crippen molar-refractivity contribution in [3.05, 3.63) is 106 Å².